The van der Waals surface area contributed by atoms with Crippen LogP contribution < -0.4 is 4.90 Å². The molecule has 0 spiro atoms. The fourth-order valence-electron chi connectivity index (χ4n) is 4.85. The van der Waals surface area contributed by atoms with Crippen LogP contribution >= 0.6 is 0 Å². The Labute approximate surface area is 177 Å². The number of fused-ring (bicyclic) bond motifs is 3. The van der Waals surface area contributed by atoms with E-state index in [4.69, 9.17) is 0 Å². The Bertz CT molecular complexity index is 1320. The molecule has 0 aliphatic carbocycles. The molecule has 4 aromatic carbocycles. The molecule has 0 atom stereocenters. The van der Waals surface area contributed by atoms with Crippen LogP contribution in [0.1, 0.15) is 12.8 Å². The van der Waals surface area contributed by atoms with Crippen molar-refractivity contribution in [3.8, 4) is 16.9 Å². The normalized spacial score (nSPS) is 14.1. The van der Waals surface area contributed by atoms with E-state index >= 15 is 0 Å². The minimum absolute atomic E-state index is 1.18. The first-order chi connectivity index (χ1) is 14.9. The molecule has 0 saturated carbocycles. The molecular formula is C28H24N2. The van der Waals surface area contributed by atoms with Crippen LogP contribution in [0.5, 0.6) is 0 Å². The van der Waals surface area contributed by atoms with Crippen molar-refractivity contribution in [2.75, 3.05) is 18.0 Å². The molecule has 2 heterocycles. The van der Waals surface area contributed by atoms with E-state index in [1.807, 2.05) is 0 Å². The van der Waals surface area contributed by atoms with Crippen molar-refractivity contribution in [1.29, 1.82) is 0 Å². The Morgan fingerprint density at radius 2 is 1.30 bits per heavy atom. The first kappa shape index (κ1) is 17.3. The fourth-order valence-corrected chi connectivity index (χ4v) is 4.85. The van der Waals surface area contributed by atoms with Crippen LogP contribution in [0.4, 0.5) is 5.69 Å². The highest BCUT2D eigenvalue weighted by Gasteiger charge is 2.16. The number of benzene rings is 4. The Kier molecular flexibility index (Phi) is 4.09. The molecule has 2 nitrogen and oxygen atoms in total. The largest absolute Gasteiger partial charge is 0.372 e. The molecule has 2 heteroatoms. The first-order valence-electron chi connectivity index (χ1n) is 10.8. The van der Waals surface area contributed by atoms with Gasteiger partial charge in [0.25, 0.3) is 0 Å². The van der Waals surface area contributed by atoms with Crippen LogP contribution in [0.3, 0.4) is 0 Å². The molecular weight excluding hydrogens is 364 g/mol. The zero-order chi connectivity index (χ0) is 19.9. The highest BCUT2D eigenvalue weighted by Crippen LogP contribution is 2.36. The first-order valence-corrected chi connectivity index (χ1v) is 10.8. The summed E-state index contributed by atoms with van der Waals surface area (Å²) in [7, 11) is 0. The van der Waals surface area contributed by atoms with Crippen molar-refractivity contribution in [2.24, 2.45) is 0 Å². The Morgan fingerprint density at radius 3 is 2.10 bits per heavy atom. The molecule has 0 N–H and O–H groups in total. The van der Waals surface area contributed by atoms with E-state index < -0.39 is 0 Å². The summed E-state index contributed by atoms with van der Waals surface area (Å²) in [4.78, 5) is 2.49. The van der Waals surface area contributed by atoms with Crippen molar-refractivity contribution >= 4 is 27.4 Å². The van der Waals surface area contributed by atoms with Crippen LogP contribution in [0, 0.1) is 0 Å². The van der Waals surface area contributed by atoms with Gasteiger partial charge in [0.2, 0.25) is 0 Å². The Balaban J connectivity index is 1.58. The van der Waals surface area contributed by atoms with Crippen molar-refractivity contribution in [3.63, 3.8) is 0 Å². The maximum Gasteiger partial charge on any atom is 0.0541 e. The minimum atomic E-state index is 1.18. The van der Waals surface area contributed by atoms with Gasteiger partial charge in [0, 0.05) is 29.9 Å². The van der Waals surface area contributed by atoms with Crippen LogP contribution in [0.15, 0.2) is 97.1 Å². The van der Waals surface area contributed by atoms with Gasteiger partial charge in [-0.25, -0.2) is 0 Å². The second-order valence-corrected chi connectivity index (χ2v) is 8.16. The summed E-state index contributed by atoms with van der Waals surface area (Å²) in [5, 5.41) is 3.89. The fraction of sp³-hybridized carbons (Fsp3) is 0.143. The van der Waals surface area contributed by atoms with Crippen LogP contribution in [0.25, 0.3) is 38.6 Å². The second-order valence-electron chi connectivity index (χ2n) is 8.16. The highest BCUT2D eigenvalue weighted by molar-refractivity contribution is 6.09. The molecule has 1 fully saturated rings. The average molecular weight is 389 g/mol. The molecule has 146 valence electrons. The topological polar surface area (TPSA) is 8.17 Å². The summed E-state index contributed by atoms with van der Waals surface area (Å²) in [5.41, 5.74) is 6.27. The molecule has 1 aliphatic rings. The van der Waals surface area contributed by atoms with E-state index in [-0.39, 0.29) is 0 Å². The van der Waals surface area contributed by atoms with Crippen molar-refractivity contribution in [1.82, 2.24) is 4.57 Å². The molecule has 0 bridgehead atoms. The highest BCUT2D eigenvalue weighted by atomic mass is 15.1. The van der Waals surface area contributed by atoms with Gasteiger partial charge < -0.3 is 9.47 Å². The van der Waals surface area contributed by atoms with E-state index in [2.05, 4.69) is 107 Å². The monoisotopic (exact) mass is 388 g/mol. The smallest absolute Gasteiger partial charge is 0.0541 e. The standard InChI is InChI=1S/C28H24N2/c1-2-9-24(10-3-1)30-27-17-14-21-8-4-5-11-25(21)26(27)20-28(30)22-12-15-23(16-13-22)29-18-6-7-19-29/h1-5,8-17,20H,6-7,18-19H2. The summed E-state index contributed by atoms with van der Waals surface area (Å²) in [6.07, 6.45) is 2.61. The molecule has 30 heavy (non-hydrogen) atoms. The Morgan fingerprint density at radius 1 is 0.567 bits per heavy atom. The van der Waals surface area contributed by atoms with Crippen LogP contribution in [0.2, 0.25) is 0 Å². The van der Waals surface area contributed by atoms with Crippen molar-refractivity contribution in [3.05, 3.63) is 97.1 Å². The minimum Gasteiger partial charge on any atom is -0.372 e. The quantitative estimate of drug-likeness (QED) is 0.321. The van der Waals surface area contributed by atoms with Crippen molar-refractivity contribution < 1.29 is 0 Å². The number of hydrogen-bond acceptors (Lipinski definition) is 1. The molecule has 0 amide bonds. The summed E-state index contributed by atoms with van der Waals surface area (Å²) in [6, 6.07) is 35.3. The molecule has 5 aromatic rings. The molecule has 1 aliphatic heterocycles. The lowest BCUT2D eigenvalue weighted by Gasteiger charge is -2.18. The predicted molar refractivity (Wildman–Crippen MR) is 128 cm³/mol. The number of nitrogens with zero attached hydrogens (tertiary/aromatic N) is 2. The number of anilines is 1. The zero-order valence-corrected chi connectivity index (χ0v) is 17.0. The maximum atomic E-state index is 2.49. The lowest BCUT2D eigenvalue weighted by atomic mass is 10.1. The molecule has 1 saturated heterocycles. The van der Waals surface area contributed by atoms with E-state index in [1.54, 1.807) is 0 Å². The lowest BCUT2D eigenvalue weighted by molar-refractivity contribution is 0.949. The van der Waals surface area contributed by atoms with Crippen LogP contribution in [-0.2, 0) is 0 Å². The van der Waals surface area contributed by atoms with E-state index in [0.717, 1.165) is 0 Å². The van der Waals surface area contributed by atoms with E-state index in [9.17, 15) is 0 Å². The van der Waals surface area contributed by atoms with Crippen LogP contribution in [-0.4, -0.2) is 17.7 Å². The van der Waals surface area contributed by atoms with Crippen molar-refractivity contribution in [2.45, 2.75) is 12.8 Å². The molecule has 6 rings (SSSR count). The number of hydrogen-bond donors (Lipinski definition) is 0. The summed E-state index contributed by atoms with van der Waals surface area (Å²) < 4.78 is 2.40. The molecule has 0 unspecified atom stereocenters. The second kappa shape index (κ2) is 7.07. The van der Waals surface area contributed by atoms with Gasteiger partial charge in [0.15, 0.2) is 0 Å². The number of para-hydroxylation sites is 1. The van der Waals surface area contributed by atoms with Gasteiger partial charge in [-0.2, -0.15) is 0 Å². The number of rotatable bonds is 3. The average Bonchev–Trinajstić information content (AvgIpc) is 3.48. The van der Waals surface area contributed by atoms with Gasteiger partial charge in [-0.05, 0) is 65.6 Å². The molecule has 1 aromatic heterocycles. The zero-order valence-electron chi connectivity index (χ0n) is 17.0. The summed E-state index contributed by atoms with van der Waals surface area (Å²) >= 11 is 0. The lowest BCUT2D eigenvalue weighted by Crippen LogP contribution is -2.17. The number of aromatic nitrogens is 1. The SMILES string of the molecule is c1ccc(-n2c(-c3ccc(N4CCCC4)cc3)cc3c4ccccc4ccc32)cc1. The van der Waals surface area contributed by atoms with Gasteiger partial charge >= 0.3 is 0 Å². The molecule has 0 radical (unpaired) electrons. The summed E-state index contributed by atoms with van der Waals surface area (Å²) in [6.45, 7) is 2.35. The van der Waals surface area contributed by atoms with Gasteiger partial charge in [-0.1, -0.05) is 60.7 Å². The summed E-state index contributed by atoms with van der Waals surface area (Å²) in [5.74, 6) is 0. The third-order valence-electron chi connectivity index (χ3n) is 6.36. The van der Waals surface area contributed by atoms with Gasteiger partial charge in [0.1, 0.15) is 0 Å². The third-order valence-corrected chi connectivity index (χ3v) is 6.36. The van der Waals surface area contributed by atoms with Gasteiger partial charge in [-0.15, -0.1) is 0 Å². The predicted octanol–water partition coefficient (Wildman–Crippen LogP) is 7.05. The van der Waals surface area contributed by atoms with Gasteiger partial charge in [-0.3, -0.25) is 0 Å². The van der Waals surface area contributed by atoms with E-state index in [0.29, 0.717) is 0 Å². The van der Waals surface area contributed by atoms with Gasteiger partial charge in [0.05, 0.1) is 11.2 Å². The maximum absolute atomic E-state index is 2.49. The Hall–Kier alpha value is -3.52. The third kappa shape index (κ3) is 2.80. The van der Waals surface area contributed by atoms with E-state index in [1.165, 1.54) is 70.2 Å².